The third-order valence-corrected chi connectivity index (χ3v) is 2.74. The third kappa shape index (κ3) is 2.84. The van der Waals surface area contributed by atoms with Crippen LogP contribution in [0.1, 0.15) is 11.1 Å². The normalized spacial score (nSPS) is 9.85. The van der Waals surface area contributed by atoms with E-state index < -0.39 is 4.92 Å². The van der Waals surface area contributed by atoms with E-state index in [0.29, 0.717) is 11.3 Å². The van der Waals surface area contributed by atoms with Crippen LogP contribution in [0.4, 0.5) is 5.69 Å². The zero-order valence-corrected chi connectivity index (χ0v) is 11.1. The van der Waals surface area contributed by atoms with Gasteiger partial charge in [-0.3, -0.25) is 10.1 Å². The minimum absolute atomic E-state index is 0.0830. The SMILES string of the molecule is Cc1ccc(C#N)cc1Oc1nc(Cl)ccc1[N+](=O)[O-]. The summed E-state index contributed by atoms with van der Waals surface area (Å²) in [5.74, 6) is 0.114. The van der Waals surface area contributed by atoms with Gasteiger partial charge in [0.15, 0.2) is 0 Å². The summed E-state index contributed by atoms with van der Waals surface area (Å²) in [7, 11) is 0. The van der Waals surface area contributed by atoms with Gasteiger partial charge in [0.25, 0.3) is 0 Å². The van der Waals surface area contributed by atoms with E-state index in [-0.39, 0.29) is 16.7 Å². The molecule has 0 spiro atoms. The Balaban J connectivity index is 2.47. The molecule has 0 radical (unpaired) electrons. The Kier molecular flexibility index (Phi) is 3.82. The number of hydrogen-bond donors (Lipinski definition) is 0. The molecule has 0 aliphatic rings. The highest BCUT2D eigenvalue weighted by Crippen LogP contribution is 2.32. The molecule has 0 fully saturated rings. The molecule has 2 rings (SSSR count). The van der Waals surface area contributed by atoms with Crippen molar-refractivity contribution in [2.75, 3.05) is 0 Å². The molecule has 0 aliphatic carbocycles. The van der Waals surface area contributed by atoms with E-state index in [2.05, 4.69) is 4.98 Å². The molecule has 2 aromatic rings. The number of halogens is 1. The van der Waals surface area contributed by atoms with Gasteiger partial charge in [0.2, 0.25) is 0 Å². The fraction of sp³-hybridized carbons (Fsp3) is 0.0769. The number of nitro groups is 1. The molecule has 0 saturated carbocycles. The first-order valence-corrected chi connectivity index (χ1v) is 5.88. The average molecular weight is 290 g/mol. The molecule has 20 heavy (non-hydrogen) atoms. The Bertz CT molecular complexity index is 725. The first-order valence-electron chi connectivity index (χ1n) is 5.51. The largest absolute Gasteiger partial charge is 0.433 e. The highest BCUT2D eigenvalue weighted by molar-refractivity contribution is 6.29. The molecule has 0 amide bonds. The summed E-state index contributed by atoms with van der Waals surface area (Å²) >= 11 is 5.72. The van der Waals surface area contributed by atoms with Crippen molar-refractivity contribution in [3.05, 3.63) is 56.7 Å². The number of aryl methyl sites for hydroxylation is 1. The number of benzene rings is 1. The second kappa shape index (κ2) is 5.55. The van der Waals surface area contributed by atoms with Crippen molar-refractivity contribution in [3.63, 3.8) is 0 Å². The standard InChI is InChI=1S/C13H8ClN3O3/c1-8-2-3-9(7-15)6-11(8)20-13-10(17(18)19)4-5-12(14)16-13/h2-6H,1H3. The van der Waals surface area contributed by atoms with Crippen LogP contribution in [0.3, 0.4) is 0 Å². The maximum absolute atomic E-state index is 10.9. The molecule has 6 nitrogen and oxygen atoms in total. The molecular formula is C13H8ClN3O3. The first kappa shape index (κ1) is 13.8. The van der Waals surface area contributed by atoms with E-state index in [1.165, 1.54) is 18.2 Å². The third-order valence-electron chi connectivity index (χ3n) is 2.53. The van der Waals surface area contributed by atoms with Crippen LogP contribution in [0.2, 0.25) is 5.15 Å². The molecule has 1 aromatic heterocycles. The Hall–Kier alpha value is -2.65. The summed E-state index contributed by atoms with van der Waals surface area (Å²) in [4.78, 5) is 14.1. The van der Waals surface area contributed by atoms with Gasteiger partial charge in [-0.15, -0.1) is 0 Å². The van der Waals surface area contributed by atoms with E-state index in [4.69, 9.17) is 21.6 Å². The summed E-state index contributed by atoms with van der Waals surface area (Å²) in [5, 5.41) is 19.9. The van der Waals surface area contributed by atoms with Crippen LogP contribution in [0.25, 0.3) is 0 Å². The maximum Gasteiger partial charge on any atom is 0.331 e. The molecular weight excluding hydrogens is 282 g/mol. The summed E-state index contributed by atoms with van der Waals surface area (Å²) in [6, 6.07) is 9.30. The number of hydrogen-bond acceptors (Lipinski definition) is 5. The van der Waals surface area contributed by atoms with E-state index in [1.54, 1.807) is 19.1 Å². The number of nitrogens with zero attached hydrogens (tertiary/aromatic N) is 3. The fourth-order valence-electron chi connectivity index (χ4n) is 1.51. The number of nitriles is 1. The van der Waals surface area contributed by atoms with Gasteiger partial charge in [-0.05, 0) is 30.7 Å². The van der Waals surface area contributed by atoms with Crippen LogP contribution < -0.4 is 4.74 Å². The highest BCUT2D eigenvalue weighted by Gasteiger charge is 2.19. The van der Waals surface area contributed by atoms with Gasteiger partial charge >= 0.3 is 11.6 Å². The molecule has 100 valence electrons. The molecule has 0 atom stereocenters. The Morgan fingerprint density at radius 3 is 2.80 bits per heavy atom. The lowest BCUT2D eigenvalue weighted by Gasteiger charge is -2.08. The van der Waals surface area contributed by atoms with Gasteiger partial charge in [-0.1, -0.05) is 17.7 Å². The quantitative estimate of drug-likeness (QED) is 0.489. The van der Waals surface area contributed by atoms with Crippen molar-refractivity contribution in [1.29, 1.82) is 5.26 Å². The van der Waals surface area contributed by atoms with Crippen LogP contribution >= 0.6 is 11.6 Å². The van der Waals surface area contributed by atoms with Gasteiger partial charge < -0.3 is 4.74 Å². The molecule has 1 aromatic carbocycles. The van der Waals surface area contributed by atoms with E-state index in [9.17, 15) is 10.1 Å². The van der Waals surface area contributed by atoms with Crippen LogP contribution in [0.5, 0.6) is 11.6 Å². The van der Waals surface area contributed by atoms with Crippen molar-refractivity contribution in [1.82, 2.24) is 4.98 Å². The minimum atomic E-state index is -0.609. The van der Waals surface area contributed by atoms with Crippen LogP contribution in [-0.4, -0.2) is 9.91 Å². The molecule has 1 heterocycles. The van der Waals surface area contributed by atoms with Crippen LogP contribution in [0.15, 0.2) is 30.3 Å². The monoisotopic (exact) mass is 289 g/mol. The summed E-state index contributed by atoms with van der Waals surface area (Å²) in [5.41, 5.74) is 0.812. The lowest BCUT2D eigenvalue weighted by Crippen LogP contribution is -1.97. The number of ether oxygens (including phenoxy) is 1. The predicted molar refractivity (Wildman–Crippen MR) is 71.9 cm³/mol. The van der Waals surface area contributed by atoms with E-state index in [1.807, 2.05) is 6.07 Å². The van der Waals surface area contributed by atoms with Crippen LogP contribution in [0, 0.1) is 28.4 Å². The topological polar surface area (TPSA) is 89.0 Å². The van der Waals surface area contributed by atoms with Crippen molar-refractivity contribution < 1.29 is 9.66 Å². The minimum Gasteiger partial charge on any atom is -0.433 e. The lowest BCUT2D eigenvalue weighted by molar-refractivity contribution is -0.386. The Morgan fingerprint density at radius 2 is 2.15 bits per heavy atom. The molecule has 0 unspecified atom stereocenters. The van der Waals surface area contributed by atoms with E-state index >= 15 is 0 Å². The van der Waals surface area contributed by atoms with Crippen molar-refractivity contribution >= 4 is 17.3 Å². The van der Waals surface area contributed by atoms with Crippen molar-refractivity contribution in [2.24, 2.45) is 0 Å². The number of aromatic nitrogens is 1. The average Bonchev–Trinajstić information content (AvgIpc) is 2.41. The van der Waals surface area contributed by atoms with Gasteiger partial charge in [-0.2, -0.15) is 10.2 Å². The van der Waals surface area contributed by atoms with Gasteiger partial charge in [0, 0.05) is 6.07 Å². The molecule has 0 N–H and O–H groups in total. The molecule has 0 aliphatic heterocycles. The number of pyridine rings is 1. The molecule has 0 bridgehead atoms. The summed E-state index contributed by atoms with van der Waals surface area (Å²) in [6.45, 7) is 1.76. The second-order valence-corrected chi connectivity index (χ2v) is 4.30. The van der Waals surface area contributed by atoms with Gasteiger partial charge in [0.05, 0.1) is 16.6 Å². The highest BCUT2D eigenvalue weighted by atomic mass is 35.5. The zero-order valence-electron chi connectivity index (χ0n) is 10.3. The van der Waals surface area contributed by atoms with Gasteiger partial charge in [-0.25, -0.2) is 0 Å². The molecule has 7 heteroatoms. The Labute approximate surface area is 119 Å². The smallest absolute Gasteiger partial charge is 0.331 e. The summed E-state index contributed by atoms with van der Waals surface area (Å²) in [6.07, 6.45) is 0. The second-order valence-electron chi connectivity index (χ2n) is 3.91. The van der Waals surface area contributed by atoms with Crippen molar-refractivity contribution in [2.45, 2.75) is 6.92 Å². The number of rotatable bonds is 3. The van der Waals surface area contributed by atoms with Crippen molar-refractivity contribution in [3.8, 4) is 17.7 Å². The lowest BCUT2D eigenvalue weighted by atomic mass is 10.1. The van der Waals surface area contributed by atoms with Gasteiger partial charge in [0.1, 0.15) is 10.9 Å². The Morgan fingerprint density at radius 1 is 1.40 bits per heavy atom. The predicted octanol–water partition coefficient (Wildman–Crippen LogP) is 3.62. The fourth-order valence-corrected chi connectivity index (χ4v) is 1.65. The molecule has 0 saturated heterocycles. The van der Waals surface area contributed by atoms with Crippen LogP contribution in [-0.2, 0) is 0 Å². The summed E-state index contributed by atoms with van der Waals surface area (Å²) < 4.78 is 5.44. The van der Waals surface area contributed by atoms with E-state index in [0.717, 1.165) is 5.56 Å². The maximum atomic E-state index is 10.9. The zero-order chi connectivity index (χ0) is 14.7. The first-order chi connectivity index (χ1) is 9.51.